The molecule has 14 nitrogen and oxygen atoms in total. The molecule has 2 aromatic rings. The third kappa shape index (κ3) is 14.8. The molecule has 2 unspecified atom stereocenters. The summed E-state index contributed by atoms with van der Waals surface area (Å²) >= 11 is 0. The number of carbonyl (C=O) groups excluding carboxylic acids is 6. The number of fused-ring (bicyclic) bond motifs is 2. The average molecular weight is 792 g/mol. The first kappa shape index (κ1) is 44.7. The Labute approximate surface area is 336 Å². The predicted octanol–water partition coefficient (Wildman–Crippen LogP) is 3.69. The van der Waals surface area contributed by atoms with Crippen molar-refractivity contribution in [1.29, 1.82) is 0 Å². The van der Waals surface area contributed by atoms with Crippen LogP contribution in [0.4, 0.5) is 0 Å². The number of aliphatic hydroxyl groups is 1. The minimum absolute atomic E-state index is 0.0711. The van der Waals surface area contributed by atoms with Crippen LogP contribution < -0.4 is 31.3 Å². The van der Waals surface area contributed by atoms with Crippen LogP contribution in [0, 0.1) is 5.92 Å². The highest BCUT2D eigenvalue weighted by molar-refractivity contribution is 5.93. The number of nitrogens with one attached hydrogen (secondary N) is 5. The third-order valence-electron chi connectivity index (χ3n) is 10.1. The van der Waals surface area contributed by atoms with E-state index >= 15 is 0 Å². The standard InChI is InChI=1S/C43H61N5O9/c1-5-16-32(38(51)41(54)44-27-35(50)48-37(30-20-11-7-12-21-30)42(55)57-43(2,3)4)45-39(52)33-26-28-17-15-22-31(25-28)56-24-14-8-13-23-34(49)47-36(40(53)46-33)29-18-9-6-10-19-29/h7,11-12,15,17,20-22,25,29,32-33,36-38,51H,5-6,8-10,13-14,16,18-19,23-24,26-27H2,1-4H3,(H,44,54)(H,45,52)(H,46,53)(H,47,49)(H,48,50)/t32?,33-,36-,37-,38?/m0/s1. The predicted molar refractivity (Wildman–Crippen MR) is 214 cm³/mol. The van der Waals surface area contributed by atoms with Crippen molar-refractivity contribution in [2.24, 2.45) is 5.92 Å². The van der Waals surface area contributed by atoms with Crippen molar-refractivity contribution in [1.82, 2.24) is 26.6 Å². The van der Waals surface area contributed by atoms with E-state index in [0.717, 1.165) is 50.5 Å². The third-order valence-corrected chi connectivity index (χ3v) is 10.1. The van der Waals surface area contributed by atoms with Gasteiger partial charge in [0, 0.05) is 12.8 Å². The van der Waals surface area contributed by atoms with Gasteiger partial charge in [0.25, 0.3) is 5.91 Å². The van der Waals surface area contributed by atoms with Gasteiger partial charge in [-0.25, -0.2) is 4.79 Å². The number of ether oxygens (including phenoxy) is 2. The fourth-order valence-electron chi connectivity index (χ4n) is 7.19. The molecule has 0 aromatic heterocycles. The highest BCUT2D eigenvalue weighted by Crippen LogP contribution is 2.27. The minimum atomic E-state index is -1.76. The molecular weight excluding hydrogens is 730 g/mol. The second kappa shape index (κ2) is 22.1. The van der Waals surface area contributed by atoms with Crippen LogP contribution in [0.15, 0.2) is 54.6 Å². The quantitative estimate of drug-likeness (QED) is 0.174. The Balaban J connectivity index is 1.49. The second-order valence-electron chi connectivity index (χ2n) is 16.0. The lowest BCUT2D eigenvalue weighted by Gasteiger charge is -2.32. The fraction of sp³-hybridized carbons (Fsp3) is 0.581. The molecule has 1 fully saturated rings. The molecule has 1 saturated carbocycles. The van der Waals surface area contributed by atoms with Crippen molar-refractivity contribution < 1.29 is 43.3 Å². The Morgan fingerprint density at radius 2 is 1.63 bits per heavy atom. The van der Waals surface area contributed by atoms with Crippen LogP contribution >= 0.6 is 0 Å². The minimum Gasteiger partial charge on any atom is -0.494 e. The van der Waals surface area contributed by atoms with Gasteiger partial charge in [0.15, 0.2) is 12.1 Å². The molecule has 0 spiro atoms. The van der Waals surface area contributed by atoms with Crippen LogP contribution in [-0.2, 0) is 39.9 Å². The van der Waals surface area contributed by atoms with Crippen molar-refractivity contribution in [3.8, 4) is 5.75 Å². The molecule has 5 amide bonds. The Bertz CT molecular complexity index is 1660. The van der Waals surface area contributed by atoms with Gasteiger partial charge in [-0.2, -0.15) is 0 Å². The summed E-state index contributed by atoms with van der Waals surface area (Å²) in [6.07, 6.45) is 5.98. The smallest absolute Gasteiger partial charge is 0.333 e. The highest BCUT2D eigenvalue weighted by Gasteiger charge is 2.36. The normalized spacial score (nSPS) is 20.3. The maximum atomic E-state index is 14.1. The van der Waals surface area contributed by atoms with Gasteiger partial charge in [0.1, 0.15) is 23.4 Å². The number of carbonyl (C=O) groups is 6. The first-order valence-electron chi connectivity index (χ1n) is 20.4. The van der Waals surface area contributed by atoms with Crippen molar-refractivity contribution in [2.75, 3.05) is 13.2 Å². The molecule has 1 heterocycles. The highest BCUT2D eigenvalue weighted by atomic mass is 16.6. The van der Waals surface area contributed by atoms with E-state index in [1.165, 1.54) is 0 Å². The van der Waals surface area contributed by atoms with Gasteiger partial charge in [-0.1, -0.05) is 75.1 Å². The molecule has 57 heavy (non-hydrogen) atoms. The van der Waals surface area contributed by atoms with E-state index < -0.39 is 72.0 Å². The SMILES string of the molecule is CCCC(NC(=O)[C@@H]1Cc2cccc(c2)OCCCCCC(=O)N[C@@H](C2CCCCC2)C(=O)N1)C(O)C(=O)NCC(=O)N[C@H](C(=O)OC(C)(C)C)c1ccccc1. The van der Waals surface area contributed by atoms with Crippen LogP contribution in [0.1, 0.15) is 115 Å². The lowest BCUT2D eigenvalue weighted by molar-refractivity contribution is -0.158. The summed E-state index contributed by atoms with van der Waals surface area (Å²) in [7, 11) is 0. The first-order valence-corrected chi connectivity index (χ1v) is 20.4. The molecule has 0 saturated heterocycles. The first-order chi connectivity index (χ1) is 27.2. The van der Waals surface area contributed by atoms with Crippen molar-refractivity contribution in [3.05, 3.63) is 65.7 Å². The molecule has 6 N–H and O–H groups in total. The van der Waals surface area contributed by atoms with E-state index in [1.807, 2.05) is 31.2 Å². The summed E-state index contributed by atoms with van der Waals surface area (Å²) in [4.78, 5) is 80.6. The van der Waals surface area contributed by atoms with Crippen LogP contribution in [0.5, 0.6) is 5.75 Å². The molecule has 4 rings (SSSR count). The number of aliphatic hydroxyl groups excluding tert-OH is 1. The summed E-state index contributed by atoms with van der Waals surface area (Å²) in [5, 5.41) is 24.9. The topological polar surface area (TPSA) is 201 Å². The number of amides is 5. The molecule has 2 bridgehead atoms. The van der Waals surface area contributed by atoms with E-state index in [9.17, 15) is 33.9 Å². The maximum absolute atomic E-state index is 14.1. The van der Waals surface area contributed by atoms with Crippen LogP contribution in [0.2, 0.25) is 0 Å². The van der Waals surface area contributed by atoms with Crippen LogP contribution in [-0.4, -0.2) is 83.6 Å². The van der Waals surface area contributed by atoms with Gasteiger partial charge in [-0.3, -0.25) is 24.0 Å². The van der Waals surface area contributed by atoms with E-state index in [0.29, 0.717) is 30.8 Å². The van der Waals surface area contributed by atoms with E-state index in [2.05, 4.69) is 26.6 Å². The van der Waals surface area contributed by atoms with Crippen molar-refractivity contribution in [3.63, 3.8) is 0 Å². The van der Waals surface area contributed by atoms with E-state index in [4.69, 9.17) is 9.47 Å². The number of hydrogen-bond donors (Lipinski definition) is 6. The molecular formula is C43H61N5O9. The van der Waals surface area contributed by atoms with Gasteiger partial charge in [0.05, 0.1) is 19.2 Å². The lowest BCUT2D eigenvalue weighted by Crippen LogP contribution is -2.59. The van der Waals surface area contributed by atoms with Gasteiger partial charge in [-0.05, 0) is 88.5 Å². The molecule has 0 radical (unpaired) electrons. The fourth-order valence-corrected chi connectivity index (χ4v) is 7.19. The number of rotatable bonds is 12. The Hall–Kier alpha value is -4.98. The largest absolute Gasteiger partial charge is 0.494 e. The zero-order valence-electron chi connectivity index (χ0n) is 33.8. The summed E-state index contributed by atoms with van der Waals surface area (Å²) < 4.78 is 11.5. The zero-order chi connectivity index (χ0) is 41.4. The zero-order valence-corrected chi connectivity index (χ0v) is 33.8. The van der Waals surface area contributed by atoms with Crippen molar-refractivity contribution >= 4 is 35.5 Å². The molecule has 312 valence electrons. The van der Waals surface area contributed by atoms with Gasteiger partial charge in [-0.15, -0.1) is 0 Å². The molecule has 2 aliphatic rings. The Kier molecular flexibility index (Phi) is 17.3. The maximum Gasteiger partial charge on any atom is 0.333 e. The molecule has 1 aliphatic heterocycles. The molecule has 14 heteroatoms. The monoisotopic (exact) mass is 791 g/mol. The Morgan fingerprint density at radius 3 is 2.33 bits per heavy atom. The summed E-state index contributed by atoms with van der Waals surface area (Å²) in [5.74, 6) is -3.07. The van der Waals surface area contributed by atoms with Gasteiger partial charge >= 0.3 is 5.97 Å². The molecule has 2 aromatic carbocycles. The van der Waals surface area contributed by atoms with Crippen molar-refractivity contribution in [2.45, 2.75) is 141 Å². The summed E-state index contributed by atoms with van der Waals surface area (Å²) in [6, 6.07) is 11.6. The number of hydrogen-bond acceptors (Lipinski definition) is 9. The van der Waals surface area contributed by atoms with E-state index in [1.54, 1.807) is 51.1 Å². The average Bonchev–Trinajstić information content (AvgIpc) is 3.18. The van der Waals surface area contributed by atoms with Crippen LogP contribution in [0.25, 0.3) is 0 Å². The second-order valence-corrected chi connectivity index (χ2v) is 16.0. The summed E-state index contributed by atoms with van der Waals surface area (Å²) in [5.41, 5.74) is 0.389. The lowest BCUT2D eigenvalue weighted by atomic mass is 9.83. The molecule has 5 atom stereocenters. The summed E-state index contributed by atoms with van der Waals surface area (Å²) in [6.45, 7) is 6.86. The number of esters is 1. The van der Waals surface area contributed by atoms with E-state index in [-0.39, 0.29) is 31.1 Å². The van der Waals surface area contributed by atoms with Crippen LogP contribution in [0.3, 0.4) is 0 Å². The molecule has 1 aliphatic carbocycles. The Morgan fingerprint density at radius 1 is 0.912 bits per heavy atom. The number of benzene rings is 2. The van der Waals surface area contributed by atoms with Gasteiger partial charge < -0.3 is 41.2 Å². The van der Waals surface area contributed by atoms with Gasteiger partial charge in [0.2, 0.25) is 23.6 Å².